The number of hydrogen-bond acceptors (Lipinski definition) is 5. The molecule has 0 unspecified atom stereocenters. The molecular weight excluding hydrogens is 405 g/mol. The second-order valence-corrected chi connectivity index (χ2v) is 7.26. The Bertz CT molecular complexity index is 1220. The van der Waals surface area contributed by atoms with Crippen LogP contribution in [0.2, 0.25) is 0 Å². The van der Waals surface area contributed by atoms with E-state index in [4.69, 9.17) is 4.42 Å². The smallest absolute Gasteiger partial charge is 0.259 e. The van der Waals surface area contributed by atoms with E-state index in [1.807, 2.05) is 0 Å². The van der Waals surface area contributed by atoms with Gasteiger partial charge in [-0.2, -0.15) is 0 Å². The lowest BCUT2D eigenvalue weighted by Crippen LogP contribution is -2.20. The molecule has 30 heavy (non-hydrogen) atoms. The fourth-order valence-corrected chi connectivity index (χ4v) is 3.58. The average Bonchev–Trinajstić information content (AvgIpc) is 3.41. The Morgan fingerprint density at radius 3 is 2.50 bits per heavy atom. The summed E-state index contributed by atoms with van der Waals surface area (Å²) in [4.78, 5) is 29.8. The zero-order chi connectivity index (χ0) is 21.1. The molecule has 2 N–H and O–H groups in total. The van der Waals surface area contributed by atoms with Crippen LogP contribution in [0, 0.1) is 12.7 Å². The number of halogens is 1. The van der Waals surface area contributed by atoms with Crippen molar-refractivity contribution in [3.63, 3.8) is 0 Å². The van der Waals surface area contributed by atoms with E-state index in [-0.39, 0.29) is 11.1 Å². The monoisotopic (exact) mass is 421 g/mol. The van der Waals surface area contributed by atoms with Crippen molar-refractivity contribution in [2.24, 2.45) is 0 Å². The van der Waals surface area contributed by atoms with Crippen LogP contribution in [0.1, 0.15) is 26.3 Å². The lowest BCUT2D eigenvalue weighted by atomic mass is 10.1. The van der Waals surface area contributed by atoms with Crippen LogP contribution < -0.4 is 10.6 Å². The highest BCUT2D eigenvalue weighted by Crippen LogP contribution is 2.27. The summed E-state index contributed by atoms with van der Waals surface area (Å²) in [6.45, 7) is 1.76. The van der Waals surface area contributed by atoms with Crippen LogP contribution in [0.5, 0.6) is 0 Å². The fraction of sp³-hybridized carbons (Fsp3) is 0.0455. The maximum Gasteiger partial charge on any atom is 0.259 e. The first-order chi connectivity index (χ1) is 14.5. The largest absolute Gasteiger partial charge is 0.463 e. The normalized spacial score (nSPS) is 10.6. The number of furan rings is 1. The molecule has 0 saturated heterocycles. The summed E-state index contributed by atoms with van der Waals surface area (Å²) in [5.74, 6) is -1.11. The van der Waals surface area contributed by atoms with Crippen molar-refractivity contribution in [2.75, 3.05) is 10.6 Å². The fourth-order valence-electron chi connectivity index (χ4n) is 2.88. The molecule has 2 aromatic heterocycles. The van der Waals surface area contributed by atoms with Crippen molar-refractivity contribution < 1.29 is 18.4 Å². The molecule has 0 aliphatic rings. The first-order valence-electron chi connectivity index (χ1n) is 8.99. The van der Waals surface area contributed by atoms with Crippen LogP contribution in [0.25, 0.3) is 11.5 Å². The van der Waals surface area contributed by atoms with Gasteiger partial charge in [-0.1, -0.05) is 24.3 Å². The number of anilines is 2. The van der Waals surface area contributed by atoms with Crippen molar-refractivity contribution in [1.82, 2.24) is 4.98 Å². The van der Waals surface area contributed by atoms with Crippen LogP contribution in [0.4, 0.5) is 15.2 Å². The number of amides is 2. The second-order valence-electron chi connectivity index (χ2n) is 6.40. The molecule has 4 rings (SSSR count). The molecule has 2 aromatic carbocycles. The highest BCUT2D eigenvalue weighted by Gasteiger charge is 2.19. The Morgan fingerprint density at radius 2 is 1.73 bits per heavy atom. The van der Waals surface area contributed by atoms with E-state index >= 15 is 0 Å². The van der Waals surface area contributed by atoms with Crippen LogP contribution in [0.3, 0.4) is 0 Å². The molecule has 150 valence electrons. The van der Waals surface area contributed by atoms with E-state index in [9.17, 15) is 14.0 Å². The molecule has 6 nitrogen and oxygen atoms in total. The minimum atomic E-state index is -0.636. The van der Waals surface area contributed by atoms with Crippen molar-refractivity contribution in [3.8, 4) is 11.5 Å². The van der Waals surface area contributed by atoms with E-state index < -0.39 is 17.6 Å². The summed E-state index contributed by atoms with van der Waals surface area (Å²) in [5, 5.41) is 7.55. The number of nitrogens with zero attached hydrogens (tertiary/aromatic N) is 1. The Balaban J connectivity index is 1.57. The zero-order valence-electron chi connectivity index (χ0n) is 15.8. The van der Waals surface area contributed by atoms with Gasteiger partial charge in [0.05, 0.1) is 23.1 Å². The molecule has 4 aromatic rings. The Kier molecular flexibility index (Phi) is 5.40. The number of para-hydroxylation sites is 1. The van der Waals surface area contributed by atoms with E-state index in [1.54, 1.807) is 55.0 Å². The summed E-state index contributed by atoms with van der Waals surface area (Å²) in [7, 11) is 0. The van der Waals surface area contributed by atoms with Crippen molar-refractivity contribution in [1.29, 1.82) is 0 Å². The van der Waals surface area contributed by atoms with Crippen LogP contribution in [0.15, 0.2) is 70.7 Å². The third-order valence-corrected chi connectivity index (χ3v) is 5.13. The molecule has 0 aliphatic heterocycles. The zero-order valence-corrected chi connectivity index (χ0v) is 16.6. The SMILES string of the molecule is Cc1cccc(C(=O)Nc2nc(-c3ccco3)cs2)c1NC(=O)c1ccccc1F. The predicted molar refractivity (Wildman–Crippen MR) is 113 cm³/mol. The van der Waals surface area contributed by atoms with Gasteiger partial charge in [-0.3, -0.25) is 14.9 Å². The van der Waals surface area contributed by atoms with E-state index in [1.165, 1.54) is 29.5 Å². The van der Waals surface area contributed by atoms with Crippen molar-refractivity contribution in [3.05, 3.63) is 88.7 Å². The standard InChI is InChI=1S/C22H16FN3O3S/c1-13-6-4-8-15(19(13)25-20(27)14-7-2-3-9-16(14)23)21(28)26-22-24-17(12-30-22)18-10-5-11-29-18/h2-12H,1H3,(H,25,27)(H,24,26,28). The predicted octanol–water partition coefficient (Wildman–Crippen LogP) is 5.36. The van der Waals surface area contributed by atoms with Gasteiger partial charge in [-0.05, 0) is 42.8 Å². The van der Waals surface area contributed by atoms with E-state index in [0.717, 1.165) is 0 Å². The number of carbonyl (C=O) groups is 2. The molecule has 0 spiro atoms. The quantitative estimate of drug-likeness (QED) is 0.455. The van der Waals surface area contributed by atoms with Crippen LogP contribution in [-0.2, 0) is 0 Å². The Morgan fingerprint density at radius 1 is 0.967 bits per heavy atom. The molecule has 0 saturated carbocycles. The van der Waals surface area contributed by atoms with Crippen LogP contribution >= 0.6 is 11.3 Å². The van der Waals surface area contributed by atoms with Gasteiger partial charge >= 0.3 is 0 Å². The summed E-state index contributed by atoms with van der Waals surface area (Å²) in [6, 6.07) is 14.2. The van der Waals surface area contributed by atoms with Gasteiger partial charge in [-0.25, -0.2) is 9.37 Å². The van der Waals surface area contributed by atoms with Crippen molar-refractivity contribution >= 4 is 34.0 Å². The lowest BCUT2D eigenvalue weighted by Gasteiger charge is -2.13. The molecule has 0 radical (unpaired) electrons. The number of thiazole rings is 1. The minimum absolute atomic E-state index is 0.102. The highest BCUT2D eigenvalue weighted by molar-refractivity contribution is 7.14. The van der Waals surface area contributed by atoms with Gasteiger partial charge in [0.15, 0.2) is 10.9 Å². The molecule has 0 bridgehead atoms. The molecular formula is C22H16FN3O3S. The number of benzene rings is 2. The number of rotatable bonds is 5. The molecule has 8 heteroatoms. The summed E-state index contributed by atoms with van der Waals surface area (Å²) >= 11 is 1.25. The Labute approximate surface area is 175 Å². The highest BCUT2D eigenvalue weighted by atomic mass is 32.1. The third-order valence-electron chi connectivity index (χ3n) is 4.37. The molecule has 2 amide bonds. The van der Waals surface area contributed by atoms with Gasteiger partial charge in [0.2, 0.25) is 0 Å². The third kappa shape index (κ3) is 3.99. The maximum absolute atomic E-state index is 14.0. The summed E-state index contributed by atoms with van der Waals surface area (Å²) in [5.41, 5.74) is 1.73. The van der Waals surface area contributed by atoms with Gasteiger partial charge < -0.3 is 9.73 Å². The van der Waals surface area contributed by atoms with Crippen LogP contribution in [-0.4, -0.2) is 16.8 Å². The minimum Gasteiger partial charge on any atom is -0.463 e. The second kappa shape index (κ2) is 8.30. The average molecular weight is 421 g/mol. The number of aryl methyl sites for hydroxylation is 1. The summed E-state index contributed by atoms with van der Waals surface area (Å²) < 4.78 is 19.3. The van der Waals surface area contributed by atoms with Gasteiger partial charge in [0.1, 0.15) is 11.5 Å². The van der Waals surface area contributed by atoms with E-state index in [2.05, 4.69) is 15.6 Å². The number of aromatic nitrogens is 1. The van der Waals surface area contributed by atoms with E-state index in [0.29, 0.717) is 27.8 Å². The number of nitrogens with one attached hydrogen (secondary N) is 2. The number of carbonyl (C=O) groups excluding carboxylic acids is 2. The molecule has 0 atom stereocenters. The lowest BCUT2D eigenvalue weighted by molar-refractivity contribution is 0.102. The first-order valence-corrected chi connectivity index (χ1v) is 9.87. The Hall–Kier alpha value is -3.78. The maximum atomic E-state index is 14.0. The van der Waals surface area contributed by atoms with Crippen molar-refractivity contribution in [2.45, 2.75) is 6.92 Å². The molecule has 0 aliphatic carbocycles. The molecule has 0 fully saturated rings. The summed E-state index contributed by atoms with van der Waals surface area (Å²) in [6.07, 6.45) is 1.55. The van der Waals surface area contributed by atoms with Gasteiger partial charge in [0, 0.05) is 5.38 Å². The van der Waals surface area contributed by atoms with Gasteiger partial charge in [0.25, 0.3) is 11.8 Å². The van der Waals surface area contributed by atoms with Gasteiger partial charge in [-0.15, -0.1) is 11.3 Å². The molecule has 2 heterocycles. The topological polar surface area (TPSA) is 84.2 Å². The first kappa shape index (κ1) is 19.5. The number of hydrogen-bond donors (Lipinski definition) is 2.